The van der Waals surface area contributed by atoms with Crippen LogP contribution in [0.4, 0.5) is 5.69 Å². The fourth-order valence-electron chi connectivity index (χ4n) is 9.81. The SMILES string of the molecule is CC1(C2C=CC(Sc3ccc(N)cc3)=CC2)OC2C[C@@H]3C4CCC5=CC(=O)C=CC5(C)C4C(O)C[C@]3(C)[C@@]2(C(=O)CO)O1. The van der Waals surface area contributed by atoms with Gasteiger partial charge >= 0.3 is 0 Å². The van der Waals surface area contributed by atoms with Gasteiger partial charge in [0.05, 0.1) is 12.2 Å². The molecule has 10 atom stereocenters. The molecular formula is C35H41NO6S. The van der Waals surface area contributed by atoms with Crippen molar-refractivity contribution in [2.24, 2.45) is 34.5 Å². The standard InChI is InChI=1S/C35H41NO6S/c1-32-15-14-23(38)16-21(32)6-13-26-27-17-30-35(29(40)19-37,33(27,2)18-28(39)31(26)32)42-34(3,41-30)20-4-9-24(10-5-20)43-25-11-7-22(36)8-12-25/h4,7-12,14-16,20,26-28,30-31,37,39H,5-6,13,17-19,36H2,1-3H3/t20?,26?,27-,28?,30?,31?,32?,33+,34?,35+/m1/s1. The molecule has 3 saturated carbocycles. The summed E-state index contributed by atoms with van der Waals surface area (Å²) >= 11 is 1.67. The van der Waals surface area contributed by atoms with Crippen molar-refractivity contribution in [2.75, 3.05) is 12.3 Å². The molecule has 7 rings (SSSR count). The lowest BCUT2D eigenvalue weighted by Crippen LogP contribution is -2.64. The van der Waals surface area contributed by atoms with Crippen LogP contribution < -0.4 is 5.73 Å². The van der Waals surface area contributed by atoms with E-state index in [1.807, 2.05) is 37.3 Å². The van der Waals surface area contributed by atoms with E-state index in [-0.39, 0.29) is 35.2 Å². The molecule has 1 heterocycles. The van der Waals surface area contributed by atoms with Crippen LogP contribution in [0.25, 0.3) is 0 Å². The molecule has 8 heteroatoms. The minimum Gasteiger partial charge on any atom is -0.399 e. The molecule has 43 heavy (non-hydrogen) atoms. The average molecular weight is 604 g/mol. The number of hydrogen-bond donors (Lipinski definition) is 3. The molecule has 228 valence electrons. The molecule has 7 nitrogen and oxygen atoms in total. The summed E-state index contributed by atoms with van der Waals surface area (Å²) in [6, 6.07) is 7.80. The summed E-state index contributed by atoms with van der Waals surface area (Å²) in [5.41, 5.74) is 5.19. The van der Waals surface area contributed by atoms with Gasteiger partial charge < -0.3 is 25.4 Å². The Morgan fingerprint density at radius 3 is 2.63 bits per heavy atom. The third-order valence-corrected chi connectivity index (χ3v) is 12.9. The number of anilines is 1. The fourth-order valence-corrected chi connectivity index (χ4v) is 10.7. The number of benzene rings is 1. The average Bonchev–Trinajstić information content (AvgIpc) is 3.42. The second-order valence-electron chi connectivity index (χ2n) is 14.0. The normalized spacial score (nSPS) is 44.6. The zero-order valence-electron chi connectivity index (χ0n) is 25.0. The number of thioether (sulfide) groups is 1. The number of nitrogens with two attached hydrogens (primary N) is 1. The molecule has 0 amide bonds. The first kappa shape index (κ1) is 29.2. The van der Waals surface area contributed by atoms with E-state index in [1.165, 1.54) is 0 Å². The van der Waals surface area contributed by atoms with Gasteiger partial charge in [0.2, 0.25) is 0 Å². The Morgan fingerprint density at radius 1 is 1.16 bits per heavy atom. The molecule has 0 bridgehead atoms. The van der Waals surface area contributed by atoms with Gasteiger partial charge in [0, 0.05) is 38.2 Å². The molecule has 5 aliphatic carbocycles. The Bertz CT molecular complexity index is 1480. The number of aliphatic hydroxyl groups excluding tert-OH is 2. The van der Waals surface area contributed by atoms with Gasteiger partial charge in [0.1, 0.15) is 6.61 Å². The largest absolute Gasteiger partial charge is 0.399 e. The molecular weight excluding hydrogens is 562 g/mol. The number of rotatable bonds is 5. The van der Waals surface area contributed by atoms with Crippen molar-refractivity contribution >= 4 is 29.0 Å². The van der Waals surface area contributed by atoms with Crippen LogP contribution in [0.5, 0.6) is 0 Å². The smallest absolute Gasteiger partial charge is 0.193 e. The highest BCUT2D eigenvalue weighted by atomic mass is 32.2. The molecule has 4 N–H and O–H groups in total. The summed E-state index contributed by atoms with van der Waals surface area (Å²) in [4.78, 5) is 28.3. The number of ether oxygens (including phenoxy) is 2. The number of hydrogen-bond acceptors (Lipinski definition) is 8. The monoisotopic (exact) mass is 603 g/mol. The second kappa shape index (κ2) is 10.0. The van der Waals surface area contributed by atoms with E-state index >= 15 is 0 Å². The Kier molecular flexibility index (Phi) is 6.81. The second-order valence-corrected chi connectivity index (χ2v) is 15.1. The van der Waals surface area contributed by atoms with Crippen molar-refractivity contribution in [3.8, 4) is 0 Å². The van der Waals surface area contributed by atoms with Crippen LogP contribution in [0.15, 0.2) is 76.1 Å². The van der Waals surface area contributed by atoms with Gasteiger partial charge in [0.15, 0.2) is 23.0 Å². The maximum atomic E-state index is 13.9. The van der Waals surface area contributed by atoms with Gasteiger partial charge in [-0.05, 0) is 87.3 Å². The van der Waals surface area contributed by atoms with Gasteiger partial charge in [-0.1, -0.05) is 55.5 Å². The molecule has 1 saturated heterocycles. The van der Waals surface area contributed by atoms with E-state index in [0.29, 0.717) is 19.3 Å². The summed E-state index contributed by atoms with van der Waals surface area (Å²) in [6.07, 6.45) is 13.8. The lowest BCUT2D eigenvalue weighted by molar-refractivity contribution is -0.244. The summed E-state index contributed by atoms with van der Waals surface area (Å²) in [6.45, 7) is 5.50. The Morgan fingerprint density at radius 2 is 1.93 bits per heavy atom. The number of allylic oxidation sites excluding steroid dienone is 6. The lowest BCUT2D eigenvalue weighted by Gasteiger charge is -2.60. The lowest BCUT2D eigenvalue weighted by atomic mass is 9.46. The molecule has 0 spiro atoms. The molecule has 0 aromatic heterocycles. The van der Waals surface area contributed by atoms with Crippen molar-refractivity contribution in [3.05, 3.63) is 71.2 Å². The highest BCUT2D eigenvalue weighted by molar-refractivity contribution is 8.03. The Labute approximate surface area is 257 Å². The van der Waals surface area contributed by atoms with Crippen LogP contribution in [0.3, 0.4) is 0 Å². The van der Waals surface area contributed by atoms with Crippen molar-refractivity contribution < 1.29 is 29.3 Å². The highest BCUT2D eigenvalue weighted by Gasteiger charge is 2.77. The third-order valence-electron chi connectivity index (χ3n) is 11.8. The summed E-state index contributed by atoms with van der Waals surface area (Å²) < 4.78 is 13.8. The van der Waals surface area contributed by atoms with Crippen LogP contribution in [0.1, 0.15) is 52.9 Å². The number of carbonyl (C=O) groups excluding carboxylic acids is 2. The van der Waals surface area contributed by atoms with Gasteiger partial charge in [0.25, 0.3) is 0 Å². The highest BCUT2D eigenvalue weighted by Crippen LogP contribution is 2.71. The molecule has 4 fully saturated rings. The van der Waals surface area contributed by atoms with E-state index < -0.39 is 41.0 Å². The van der Waals surface area contributed by atoms with E-state index in [1.54, 1.807) is 23.9 Å². The first-order valence-electron chi connectivity index (χ1n) is 15.5. The van der Waals surface area contributed by atoms with Crippen molar-refractivity contribution in [3.63, 3.8) is 0 Å². The molecule has 6 aliphatic rings. The molecule has 0 radical (unpaired) electrons. The van der Waals surface area contributed by atoms with Crippen LogP contribution in [-0.4, -0.2) is 52.0 Å². The molecule has 1 aromatic rings. The van der Waals surface area contributed by atoms with E-state index in [2.05, 4.69) is 32.1 Å². The van der Waals surface area contributed by atoms with Gasteiger partial charge in [-0.3, -0.25) is 9.59 Å². The van der Waals surface area contributed by atoms with Crippen LogP contribution in [-0.2, 0) is 19.1 Å². The first-order valence-corrected chi connectivity index (χ1v) is 16.3. The topological polar surface area (TPSA) is 119 Å². The molecule has 1 aliphatic heterocycles. The zero-order chi connectivity index (χ0) is 30.4. The molecule has 7 unspecified atom stereocenters. The van der Waals surface area contributed by atoms with Gasteiger partial charge in [-0.15, -0.1) is 0 Å². The van der Waals surface area contributed by atoms with Crippen LogP contribution >= 0.6 is 11.8 Å². The minimum absolute atomic E-state index is 0.00705. The number of ketones is 2. The van der Waals surface area contributed by atoms with Crippen molar-refractivity contribution in [1.29, 1.82) is 0 Å². The maximum absolute atomic E-state index is 13.9. The summed E-state index contributed by atoms with van der Waals surface area (Å²) in [5.74, 6) is -1.40. The third kappa shape index (κ3) is 4.17. The summed E-state index contributed by atoms with van der Waals surface area (Å²) in [5, 5.41) is 22.2. The maximum Gasteiger partial charge on any atom is 0.193 e. The fraction of sp³-hybridized carbons (Fsp3) is 0.543. The predicted molar refractivity (Wildman–Crippen MR) is 165 cm³/mol. The van der Waals surface area contributed by atoms with E-state index in [4.69, 9.17) is 15.2 Å². The van der Waals surface area contributed by atoms with Crippen LogP contribution in [0.2, 0.25) is 0 Å². The first-order chi connectivity index (χ1) is 20.4. The summed E-state index contributed by atoms with van der Waals surface area (Å²) in [7, 11) is 0. The zero-order valence-corrected chi connectivity index (χ0v) is 25.8. The van der Waals surface area contributed by atoms with Crippen molar-refractivity contribution in [1.82, 2.24) is 0 Å². The number of Topliss-reactive ketones (excluding diaryl/α,β-unsaturated/α-hetero) is 1. The van der Waals surface area contributed by atoms with E-state index in [0.717, 1.165) is 33.9 Å². The number of fused-ring (bicyclic) bond motifs is 7. The Hall–Kier alpha value is -2.49. The Balaban J connectivity index is 1.16. The minimum atomic E-state index is -1.35. The van der Waals surface area contributed by atoms with E-state index in [9.17, 15) is 19.8 Å². The number of nitrogen functional groups attached to an aromatic ring is 1. The molecule has 1 aromatic carbocycles. The van der Waals surface area contributed by atoms with Gasteiger partial charge in [-0.25, -0.2) is 0 Å². The van der Waals surface area contributed by atoms with Crippen LogP contribution in [0, 0.1) is 34.5 Å². The number of aliphatic hydroxyl groups is 2. The number of carbonyl (C=O) groups is 2. The predicted octanol–water partition coefficient (Wildman–Crippen LogP) is 5.14. The van der Waals surface area contributed by atoms with Gasteiger partial charge in [-0.2, -0.15) is 0 Å². The van der Waals surface area contributed by atoms with Crippen molar-refractivity contribution in [2.45, 2.75) is 81.4 Å². The quantitative estimate of drug-likeness (QED) is 0.396.